The number of piperidine rings is 1. The van der Waals surface area contributed by atoms with Crippen LogP contribution in [0.2, 0.25) is 0 Å². The molecule has 8 nitrogen and oxygen atoms in total. The summed E-state index contributed by atoms with van der Waals surface area (Å²) in [7, 11) is -1.78. The zero-order valence-corrected chi connectivity index (χ0v) is 19.9. The summed E-state index contributed by atoms with van der Waals surface area (Å²) in [6, 6.07) is 11.5. The van der Waals surface area contributed by atoms with Gasteiger partial charge in [0, 0.05) is 50.5 Å². The molecule has 34 heavy (non-hydrogen) atoms. The zero-order valence-electron chi connectivity index (χ0n) is 19.1. The van der Waals surface area contributed by atoms with Crippen LogP contribution in [0, 0.1) is 11.7 Å². The first-order valence-electron chi connectivity index (χ1n) is 11.4. The third-order valence-corrected chi connectivity index (χ3v) is 8.28. The number of benzene rings is 2. The molecule has 0 unspecified atom stereocenters. The second-order valence-electron chi connectivity index (χ2n) is 8.82. The predicted octanol–water partition coefficient (Wildman–Crippen LogP) is 2.25. The molecule has 0 aromatic heterocycles. The summed E-state index contributed by atoms with van der Waals surface area (Å²) < 4.78 is 40.3. The molecule has 4 rings (SSSR count). The number of nitrogens with zero attached hydrogens (tertiary/aromatic N) is 3. The van der Waals surface area contributed by atoms with Crippen LogP contribution >= 0.6 is 0 Å². The minimum atomic E-state index is -3.81. The molecule has 2 aromatic carbocycles. The second kappa shape index (κ2) is 10.2. The van der Waals surface area contributed by atoms with Gasteiger partial charge < -0.3 is 15.1 Å². The Bertz CT molecular complexity index is 1130. The van der Waals surface area contributed by atoms with E-state index in [1.54, 1.807) is 24.3 Å². The van der Waals surface area contributed by atoms with Gasteiger partial charge in [-0.25, -0.2) is 12.8 Å². The van der Waals surface area contributed by atoms with Crippen molar-refractivity contribution >= 4 is 27.5 Å². The molecule has 2 heterocycles. The zero-order chi connectivity index (χ0) is 24.3. The number of hydrogen-bond acceptors (Lipinski definition) is 5. The Morgan fingerprint density at radius 3 is 2.24 bits per heavy atom. The van der Waals surface area contributed by atoms with Gasteiger partial charge in [-0.3, -0.25) is 9.59 Å². The minimum absolute atomic E-state index is 0.00978. The van der Waals surface area contributed by atoms with Crippen molar-refractivity contribution in [2.45, 2.75) is 17.7 Å². The number of sulfonamides is 1. The van der Waals surface area contributed by atoms with E-state index in [1.807, 2.05) is 11.9 Å². The number of carbonyl (C=O) groups is 2. The summed E-state index contributed by atoms with van der Waals surface area (Å²) >= 11 is 0. The second-order valence-corrected chi connectivity index (χ2v) is 10.8. The highest BCUT2D eigenvalue weighted by Gasteiger charge is 2.33. The lowest BCUT2D eigenvalue weighted by Gasteiger charge is -2.32. The van der Waals surface area contributed by atoms with Gasteiger partial charge >= 0.3 is 0 Å². The van der Waals surface area contributed by atoms with Crippen LogP contribution in [0.3, 0.4) is 0 Å². The number of hydrogen-bond donors (Lipinski definition) is 1. The maximum Gasteiger partial charge on any atom is 0.253 e. The van der Waals surface area contributed by atoms with Crippen LogP contribution in [0.15, 0.2) is 53.4 Å². The van der Waals surface area contributed by atoms with Crippen molar-refractivity contribution in [1.82, 2.24) is 14.1 Å². The van der Waals surface area contributed by atoms with Gasteiger partial charge in [-0.15, -0.1) is 0 Å². The topological polar surface area (TPSA) is 90.0 Å². The number of halogens is 1. The number of piperazine rings is 1. The summed E-state index contributed by atoms with van der Waals surface area (Å²) in [5, 5.41) is 2.84. The predicted molar refractivity (Wildman–Crippen MR) is 126 cm³/mol. The molecule has 2 aromatic rings. The first-order valence-corrected chi connectivity index (χ1v) is 12.8. The highest BCUT2D eigenvalue weighted by molar-refractivity contribution is 7.89. The van der Waals surface area contributed by atoms with E-state index in [9.17, 15) is 22.4 Å². The van der Waals surface area contributed by atoms with E-state index in [4.69, 9.17) is 0 Å². The molecule has 1 atom stereocenters. The Kier molecular flexibility index (Phi) is 7.30. The fourth-order valence-electron chi connectivity index (χ4n) is 4.26. The monoisotopic (exact) mass is 488 g/mol. The molecule has 2 amide bonds. The molecule has 0 bridgehead atoms. The molecule has 2 fully saturated rings. The molecule has 1 N–H and O–H groups in total. The average molecular weight is 489 g/mol. The first kappa shape index (κ1) is 24.3. The molecular formula is C24H29FN4O4S. The third-order valence-electron chi connectivity index (χ3n) is 6.40. The van der Waals surface area contributed by atoms with Crippen LogP contribution < -0.4 is 5.32 Å². The van der Waals surface area contributed by atoms with Crippen molar-refractivity contribution in [1.29, 1.82) is 0 Å². The molecule has 0 spiro atoms. The van der Waals surface area contributed by atoms with Crippen LogP contribution in [0.1, 0.15) is 23.2 Å². The molecule has 0 aliphatic carbocycles. The van der Waals surface area contributed by atoms with Crippen molar-refractivity contribution in [2.75, 3.05) is 51.6 Å². The van der Waals surface area contributed by atoms with Crippen molar-refractivity contribution in [3.05, 3.63) is 59.9 Å². The smallest absolute Gasteiger partial charge is 0.253 e. The number of rotatable bonds is 5. The Morgan fingerprint density at radius 1 is 0.941 bits per heavy atom. The van der Waals surface area contributed by atoms with Gasteiger partial charge in [0.2, 0.25) is 15.9 Å². The van der Waals surface area contributed by atoms with E-state index in [0.29, 0.717) is 43.7 Å². The highest BCUT2D eigenvalue weighted by atomic mass is 32.2. The van der Waals surface area contributed by atoms with Crippen LogP contribution in [0.25, 0.3) is 0 Å². The Balaban J connectivity index is 1.37. The van der Waals surface area contributed by atoms with E-state index in [2.05, 4.69) is 10.2 Å². The van der Waals surface area contributed by atoms with E-state index in [1.165, 1.54) is 16.4 Å². The number of nitrogens with one attached hydrogen (secondary N) is 1. The molecule has 0 saturated carbocycles. The maximum absolute atomic E-state index is 13.2. The largest absolute Gasteiger partial charge is 0.336 e. The van der Waals surface area contributed by atoms with Crippen LogP contribution in [0.5, 0.6) is 0 Å². The van der Waals surface area contributed by atoms with Crippen molar-refractivity contribution in [2.24, 2.45) is 5.92 Å². The van der Waals surface area contributed by atoms with Gasteiger partial charge in [0.1, 0.15) is 5.82 Å². The number of carbonyl (C=O) groups excluding carboxylic acids is 2. The lowest BCUT2D eigenvalue weighted by Crippen LogP contribution is -2.47. The van der Waals surface area contributed by atoms with Gasteiger partial charge in [-0.2, -0.15) is 4.31 Å². The van der Waals surface area contributed by atoms with Gasteiger partial charge in [-0.05, 0) is 68.4 Å². The maximum atomic E-state index is 13.2. The summed E-state index contributed by atoms with van der Waals surface area (Å²) in [5.41, 5.74) is 1.12. The Morgan fingerprint density at radius 2 is 1.59 bits per heavy atom. The summed E-state index contributed by atoms with van der Waals surface area (Å²) in [4.78, 5) is 29.6. The van der Waals surface area contributed by atoms with Gasteiger partial charge in [0.15, 0.2) is 0 Å². The lowest BCUT2D eigenvalue weighted by molar-refractivity contribution is -0.120. The lowest BCUT2D eigenvalue weighted by atomic mass is 9.98. The molecule has 2 aliphatic heterocycles. The van der Waals surface area contributed by atoms with Gasteiger partial charge in [0.05, 0.1) is 10.8 Å². The molecule has 10 heteroatoms. The number of anilines is 1. The summed E-state index contributed by atoms with van der Waals surface area (Å²) in [6.45, 7) is 3.43. The van der Waals surface area contributed by atoms with Crippen LogP contribution in [-0.4, -0.2) is 80.7 Å². The van der Waals surface area contributed by atoms with E-state index >= 15 is 0 Å². The van der Waals surface area contributed by atoms with Crippen molar-refractivity contribution < 1.29 is 22.4 Å². The third kappa shape index (κ3) is 5.45. The molecule has 0 radical (unpaired) electrons. The van der Waals surface area contributed by atoms with E-state index in [-0.39, 0.29) is 23.3 Å². The van der Waals surface area contributed by atoms with Crippen LogP contribution in [-0.2, 0) is 14.8 Å². The SMILES string of the molecule is CN1CCN(C(=O)c2ccc(NC(=O)[C@@H]3CCCN(S(=O)(=O)c4ccc(F)cc4)C3)cc2)CC1. The number of amides is 2. The minimum Gasteiger partial charge on any atom is -0.336 e. The highest BCUT2D eigenvalue weighted by Crippen LogP contribution is 2.25. The summed E-state index contributed by atoms with van der Waals surface area (Å²) in [5.74, 6) is -1.31. The average Bonchev–Trinajstić information content (AvgIpc) is 2.85. The normalized spacial score (nSPS) is 20.2. The van der Waals surface area contributed by atoms with Crippen LogP contribution in [0.4, 0.5) is 10.1 Å². The number of likely N-dealkylation sites (N-methyl/N-ethyl adjacent to an activating group) is 1. The van der Waals surface area contributed by atoms with Gasteiger partial charge in [-0.1, -0.05) is 0 Å². The first-order chi connectivity index (χ1) is 16.2. The summed E-state index contributed by atoms with van der Waals surface area (Å²) in [6.07, 6.45) is 1.12. The van der Waals surface area contributed by atoms with E-state index < -0.39 is 21.8 Å². The molecule has 2 aliphatic rings. The molecule has 182 valence electrons. The van der Waals surface area contributed by atoms with Gasteiger partial charge in [0.25, 0.3) is 5.91 Å². The van der Waals surface area contributed by atoms with Crippen molar-refractivity contribution in [3.8, 4) is 0 Å². The van der Waals surface area contributed by atoms with E-state index in [0.717, 1.165) is 25.2 Å². The molecular weight excluding hydrogens is 459 g/mol. The standard InChI is InChI=1S/C24H29FN4O4S/c1-27-13-15-28(16-14-27)24(31)18-4-8-21(9-5-18)26-23(30)19-3-2-12-29(17-19)34(32,33)22-10-6-20(25)7-11-22/h4-11,19H,2-3,12-17H2,1H3,(H,26,30)/t19-/m1/s1. The van der Waals surface area contributed by atoms with Crippen molar-refractivity contribution in [3.63, 3.8) is 0 Å². The fourth-order valence-corrected chi connectivity index (χ4v) is 5.79. The Hall–Kier alpha value is -2.82. The fraction of sp³-hybridized carbons (Fsp3) is 0.417. The quantitative estimate of drug-likeness (QED) is 0.697. The molecule has 2 saturated heterocycles. The Labute approximate surface area is 199 Å².